The van der Waals surface area contributed by atoms with E-state index in [4.69, 9.17) is 0 Å². The molecule has 1 heterocycles. The first-order valence-corrected chi connectivity index (χ1v) is 19.3. The Morgan fingerprint density at radius 2 is 0.696 bits per heavy atom. The molecule has 0 saturated heterocycles. The minimum Gasteiger partial charge on any atom is -0.304 e. The van der Waals surface area contributed by atoms with Crippen molar-refractivity contribution in [3.63, 3.8) is 0 Å². The van der Waals surface area contributed by atoms with Crippen LogP contribution < -0.4 is 31.9 Å². The van der Waals surface area contributed by atoms with E-state index in [0.717, 1.165) is 25.4 Å². The molecule has 4 atom stereocenters. The largest absolute Gasteiger partial charge is 0.304 e. The molecule has 0 amide bonds. The topological polar surface area (TPSA) is 24.1 Å². The smallest absolute Gasteiger partial charge is 0.0521 e. The first-order valence-electron chi connectivity index (χ1n) is 16.2. The molecule has 0 aliphatic carbocycles. The molecule has 7 rings (SSSR count). The van der Waals surface area contributed by atoms with Gasteiger partial charge < -0.3 is 10.6 Å². The van der Waals surface area contributed by atoms with E-state index in [1.807, 2.05) is 0 Å². The van der Waals surface area contributed by atoms with Gasteiger partial charge in [0.15, 0.2) is 0 Å². The first-order chi connectivity index (χ1) is 22.8. The molecule has 0 bridgehead atoms. The van der Waals surface area contributed by atoms with Crippen molar-refractivity contribution in [1.82, 2.24) is 10.6 Å². The number of nitrogens with one attached hydrogen (secondary N) is 2. The Hall–Kier alpha value is -3.90. The first kappa shape index (κ1) is 30.7. The molecule has 0 spiro atoms. The second-order valence-corrected chi connectivity index (χ2v) is 16.4. The molecule has 0 aromatic heterocycles. The molecule has 6 aromatic carbocycles. The molecular formula is C42H40N2P2. The van der Waals surface area contributed by atoms with Crippen LogP contribution in [0.2, 0.25) is 0 Å². The number of hydrogen-bond donors (Lipinski definition) is 2. The molecule has 0 unspecified atom stereocenters. The molecule has 0 fully saturated rings. The average Bonchev–Trinajstić information content (AvgIpc) is 3.13. The molecule has 1 aliphatic rings. The van der Waals surface area contributed by atoms with Crippen LogP contribution >= 0.6 is 15.8 Å². The number of hydrogen-bond acceptors (Lipinski definition) is 2. The summed E-state index contributed by atoms with van der Waals surface area (Å²) in [6, 6.07) is 63.0. The van der Waals surface area contributed by atoms with Crippen molar-refractivity contribution in [3.8, 4) is 0 Å². The van der Waals surface area contributed by atoms with Gasteiger partial charge in [0, 0.05) is 13.1 Å². The van der Waals surface area contributed by atoms with E-state index in [9.17, 15) is 0 Å². The monoisotopic (exact) mass is 634 g/mol. The lowest BCUT2D eigenvalue weighted by Gasteiger charge is -2.33. The second kappa shape index (κ2) is 15.1. The zero-order valence-corrected chi connectivity index (χ0v) is 27.8. The van der Waals surface area contributed by atoms with E-state index >= 15 is 0 Å². The van der Waals surface area contributed by atoms with E-state index in [0.29, 0.717) is 0 Å². The van der Waals surface area contributed by atoms with E-state index < -0.39 is 15.8 Å². The van der Waals surface area contributed by atoms with Crippen LogP contribution in [0.25, 0.3) is 0 Å². The molecule has 2 N–H and O–H groups in total. The summed E-state index contributed by atoms with van der Waals surface area (Å²) in [5.41, 5.74) is 5.37. The lowest BCUT2D eigenvalue weighted by molar-refractivity contribution is 0.381. The zero-order valence-electron chi connectivity index (χ0n) is 26.0. The van der Waals surface area contributed by atoms with Crippen molar-refractivity contribution >= 4 is 37.1 Å². The van der Waals surface area contributed by atoms with Crippen LogP contribution in [-0.4, -0.2) is 12.3 Å². The predicted molar refractivity (Wildman–Crippen MR) is 200 cm³/mol. The maximum Gasteiger partial charge on any atom is 0.0521 e. The van der Waals surface area contributed by atoms with Crippen LogP contribution in [0.15, 0.2) is 170 Å². The zero-order chi connectivity index (χ0) is 31.0. The van der Waals surface area contributed by atoms with Gasteiger partial charge in [0.2, 0.25) is 0 Å². The van der Waals surface area contributed by atoms with Crippen LogP contribution in [0.3, 0.4) is 0 Å². The normalized spacial score (nSPS) is 20.5. The molecule has 46 heavy (non-hydrogen) atoms. The van der Waals surface area contributed by atoms with Gasteiger partial charge in [0.1, 0.15) is 0 Å². The Morgan fingerprint density at radius 3 is 1.09 bits per heavy atom. The van der Waals surface area contributed by atoms with Crippen molar-refractivity contribution in [2.45, 2.75) is 25.2 Å². The number of benzene rings is 6. The lowest BCUT2D eigenvalue weighted by atomic mass is 9.92. The van der Waals surface area contributed by atoms with Gasteiger partial charge >= 0.3 is 0 Å². The third kappa shape index (κ3) is 7.07. The van der Waals surface area contributed by atoms with E-state index in [1.165, 1.54) is 43.5 Å². The van der Waals surface area contributed by atoms with Gasteiger partial charge in [-0.05, 0) is 71.6 Å². The minimum absolute atomic E-state index is 0.0744. The summed E-state index contributed by atoms with van der Waals surface area (Å²) in [6.45, 7) is 1.60. The fourth-order valence-electron chi connectivity index (χ4n) is 6.66. The van der Waals surface area contributed by atoms with Crippen LogP contribution in [0.4, 0.5) is 0 Å². The van der Waals surface area contributed by atoms with Crippen molar-refractivity contribution < 1.29 is 0 Å². The van der Waals surface area contributed by atoms with Crippen molar-refractivity contribution in [2.24, 2.45) is 0 Å². The summed E-state index contributed by atoms with van der Waals surface area (Å²) in [5, 5.41) is 14.0. The van der Waals surface area contributed by atoms with Gasteiger partial charge in [0.25, 0.3) is 0 Å². The summed E-state index contributed by atoms with van der Waals surface area (Å²) in [6.07, 6.45) is 2.29. The van der Waals surface area contributed by atoms with E-state index in [2.05, 4.69) is 180 Å². The van der Waals surface area contributed by atoms with Crippen molar-refractivity contribution in [1.29, 1.82) is 0 Å². The van der Waals surface area contributed by atoms with E-state index in [-0.39, 0.29) is 12.1 Å². The second-order valence-electron chi connectivity index (χ2n) is 11.8. The Balaban J connectivity index is 1.39. The van der Waals surface area contributed by atoms with Gasteiger partial charge in [0.05, 0.1) is 12.1 Å². The fraction of sp³-hybridized carbons (Fsp3) is 0.143. The van der Waals surface area contributed by atoms with Crippen molar-refractivity contribution in [2.75, 3.05) is 12.3 Å². The summed E-state index contributed by atoms with van der Waals surface area (Å²) in [4.78, 5) is 0. The van der Waals surface area contributed by atoms with Gasteiger partial charge in [-0.3, -0.25) is 0 Å². The molecule has 1 aliphatic heterocycles. The van der Waals surface area contributed by atoms with Gasteiger partial charge in [-0.25, -0.2) is 0 Å². The number of fused-ring (bicyclic) bond motifs is 2. The maximum atomic E-state index is 4.08. The molecular weight excluding hydrogens is 594 g/mol. The number of rotatable bonds is 4. The highest BCUT2D eigenvalue weighted by molar-refractivity contribution is 7.76. The Labute approximate surface area is 276 Å². The highest BCUT2D eigenvalue weighted by atomic mass is 31.1. The van der Waals surface area contributed by atoms with E-state index in [1.54, 1.807) is 0 Å². The molecule has 4 heteroatoms. The van der Waals surface area contributed by atoms with Gasteiger partial charge in [-0.15, -0.1) is 0 Å². The standard InChI is InChI=1S/C42H40N2P2/c1-5-17-33(18-6-1)41-42(34-19-7-2-8-20-34)44-32-36-22-14-16-28-40(36)46(38-25-11-4-12-26-38)30-29-45(37-23-9-3-10-24-37)39-27-15-13-21-35(39)31-43-41/h1-28,41-44H,29-32H2/t41-,42-,45-,46+/m1/s1. The summed E-state index contributed by atoms with van der Waals surface area (Å²) >= 11 is 0. The third-order valence-corrected chi connectivity index (χ3v) is 14.5. The molecule has 6 aromatic rings. The molecule has 2 nitrogen and oxygen atoms in total. The Kier molecular flexibility index (Phi) is 10.1. The van der Waals surface area contributed by atoms with Crippen LogP contribution in [0.1, 0.15) is 34.3 Å². The highest BCUT2D eigenvalue weighted by Crippen LogP contribution is 2.43. The minimum atomic E-state index is -0.560. The SMILES string of the molecule is c1ccc([C@H]2NCc3ccccc3[P@@](c3ccccc3)CC[P@@](c3ccccc3)c3ccccc3CN[C@@H]2c2ccccc2)cc1. The lowest BCUT2D eigenvalue weighted by Crippen LogP contribution is -2.37. The maximum absolute atomic E-state index is 4.08. The van der Waals surface area contributed by atoms with Gasteiger partial charge in [-0.1, -0.05) is 170 Å². The van der Waals surface area contributed by atoms with Crippen LogP contribution in [0, 0.1) is 0 Å². The molecule has 228 valence electrons. The van der Waals surface area contributed by atoms with Crippen LogP contribution in [0.5, 0.6) is 0 Å². The van der Waals surface area contributed by atoms with Gasteiger partial charge in [-0.2, -0.15) is 0 Å². The highest BCUT2D eigenvalue weighted by Gasteiger charge is 2.28. The summed E-state index contributed by atoms with van der Waals surface area (Å²) in [5.74, 6) is 0. The molecule has 0 saturated carbocycles. The summed E-state index contributed by atoms with van der Waals surface area (Å²) < 4.78 is 0. The summed E-state index contributed by atoms with van der Waals surface area (Å²) in [7, 11) is -1.12. The predicted octanol–water partition coefficient (Wildman–Crippen LogP) is 7.93. The fourth-order valence-corrected chi connectivity index (χ4v) is 12.4. The quantitative estimate of drug-likeness (QED) is 0.193. The third-order valence-electron chi connectivity index (χ3n) is 8.92. The van der Waals surface area contributed by atoms with Crippen molar-refractivity contribution in [3.05, 3.63) is 192 Å². The molecule has 0 radical (unpaired) electrons. The van der Waals surface area contributed by atoms with Crippen LogP contribution in [-0.2, 0) is 13.1 Å². The Bertz CT molecular complexity index is 1680. The Morgan fingerprint density at radius 1 is 0.370 bits per heavy atom. The average molecular weight is 635 g/mol.